The number of anilines is 1. The molecule has 18 heavy (non-hydrogen) atoms. The van der Waals surface area contributed by atoms with E-state index < -0.39 is 0 Å². The zero-order chi connectivity index (χ0) is 13.0. The third-order valence-corrected chi connectivity index (χ3v) is 2.61. The Morgan fingerprint density at radius 2 is 2.17 bits per heavy atom. The van der Waals surface area contributed by atoms with Crippen LogP contribution in [0.15, 0.2) is 42.6 Å². The fraction of sp³-hybridized carbons (Fsp3) is 0.143. The number of nitrogens with zero attached hydrogens (tertiary/aromatic N) is 2. The Labute approximate surface area is 105 Å². The maximum absolute atomic E-state index is 13.1. The second kappa shape index (κ2) is 5.28. The maximum atomic E-state index is 13.1. The van der Waals surface area contributed by atoms with Crippen LogP contribution in [0.1, 0.15) is 24.2 Å². The van der Waals surface area contributed by atoms with Crippen LogP contribution in [-0.4, -0.2) is 4.98 Å². The van der Waals surface area contributed by atoms with Gasteiger partial charge < -0.3 is 5.32 Å². The van der Waals surface area contributed by atoms with Gasteiger partial charge in [-0.1, -0.05) is 12.1 Å². The fourth-order valence-electron chi connectivity index (χ4n) is 1.65. The molecule has 3 nitrogen and oxygen atoms in total. The van der Waals surface area contributed by atoms with Gasteiger partial charge in [0.15, 0.2) is 0 Å². The highest BCUT2D eigenvalue weighted by molar-refractivity contribution is 5.45. The average Bonchev–Trinajstić information content (AvgIpc) is 2.39. The molecule has 0 saturated heterocycles. The van der Waals surface area contributed by atoms with E-state index >= 15 is 0 Å². The summed E-state index contributed by atoms with van der Waals surface area (Å²) in [5.74, 6) is -0.251. The first-order chi connectivity index (χ1) is 8.69. The lowest BCUT2D eigenvalue weighted by molar-refractivity contribution is 0.623. The molecule has 1 aromatic carbocycles. The number of halogens is 1. The van der Waals surface area contributed by atoms with Crippen molar-refractivity contribution in [1.29, 1.82) is 5.26 Å². The summed E-state index contributed by atoms with van der Waals surface area (Å²) in [5.41, 5.74) is 2.03. The summed E-state index contributed by atoms with van der Waals surface area (Å²) in [6.07, 6.45) is 1.59. The van der Waals surface area contributed by atoms with Crippen molar-refractivity contribution in [3.63, 3.8) is 0 Å². The highest BCUT2D eigenvalue weighted by atomic mass is 19.1. The summed E-state index contributed by atoms with van der Waals surface area (Å²) in [7, 11) is 0. The van der Waals surface area contributed by atoms with Gasteiger partial charge in [-0.15, -0.1) is 0 Å². The summed E-state index contributed by atoms with van der Waals surface area (Å²) in [6.45, 7) is 1.94. The van der Waals surface area contributed by atoms with Crippen LogP contribution >= 0.6 is 0 Å². The second-order valence-electron chi connectivity index (χ2n) is 3.96. The Hall–Kier alpha value is -2.41. The molecule has 0 aliphatic heterocycles. The first kappa shape index (κ1) is 12.1. The minimum absolute atomic E-state index is 0.0320. The standard InChI is InChI=1S/C14H12FN3/c1-10(11-3-2-4-12(15)7-11)18-14-6-5-13(8-16)17-9-14/h2-7,9-10,18H,1H3. The largest absolute Gasteiger partial charge is 0.377 e. The number of rotatable bonds is 3. The predicted octanol–water partition coefficient (Wildman–Crippen LogP) is 3.27. The molecule has 1 heterocycles. The monoisotopic (exact) mass is 241 g/mol. The summed E-state index contributed by atoms with van der Waals surface area (Å²) >= 11 is 0. The number of benzene rings is 1. The predicted molar refractivity (Wildman–Crippen MR) is 67.4 cm³/mol. The van der Waals surface area contributed by atoms with E-state index in [1.54, 1.807) is 24.4 Å². The zero-order valence-electron chi connectivity index (χ0n) is 9.89. The molecular formula is C14H12FN3. The van der Waals surface area contributed by atoms with E-state index in [2.05, 4.69) is 10.3 Å². The van der Waals surface area contributed by atoms with E-state index in [0.29, 0.717) is 5.69 Å². The molecule has 0 aliphatic carbocycles. The number of nitriles is 1. The first-order valence-corrected chi connectivity index (χ1v) is 5.57. The summed E-state index contributed by atoms with van der Waals surface area (Å²) in [4.78, 5) is 3.96. The van der Waals surface area contributed by atoms with Gasteiger partial charge in [-0.2, -0.15) is 5.26 Å². The van der Waals surface area contributed by atoms with E-state index in [0.717, 1.165) is 11.3 Å². The molecule has 0 spiro atoms. The molecule has 90 valence electrons. The lowest BCUT2D eigenvalue weighted by Gasteiger charge is -2.15. The topological polar surface area (TPSA) is 48.7 Å². The van der Waals surface area contributed by atoms with Crippen LogP contribution in [0.5, 0.6) is 0 Å². The molecule has 1 aromatic heterocycles. The number of nitrogens with one attached hydrogen (secondary N) is 1. The molecule has 0 fully saturated rings. The number of pyridine rings is 1. The maximum Gasteiger partial charge on any atom is 0.140 e. The molecule has 1 atom stereocenters. The average molecular weight is 241 g/mol. The molecule has 1 N–H and O–H groups in total. The Morgan fingerprint density at radius 3 is 2.78 bits per heavy atom. The Bertz CT molecular complexity index is 572. The van der Waals surface area contributed by atoms with Crippen LogP contribution in [-0.2, 0) is 0 Å². The molecule has 0 saturated carbocycles. The van der Waals surface area contributed by atoms with Crippen molar-refractivity contribution in [1.82, 2.24) is 4.98 Å². The van der Waals surface area contributed by atoms with Crippen molar-refractivity contribution in [2.24, 2.45) is 0 Å². The molecular weight excluding hydrogens is 229 g/mol. The van der Waals surface area contributed by atoms with Gasteiger partial charge in [0.2, 0.25) is 0 Å². The van der Waals surface area contributed by atoms with Crippen molar-refractivity contribution in [3.05, 3.63) is 59.7 Å². The van der Waals surface area contributed by atoms with E-state index in [-0.39, 0.29) is 11.9 Å². The molecule has 2 rings (SSSR count). The van der Waals surface area contributed by atoms with Crippen LogP contribution in [0.3, 0.4) is 0 Å². The zero-order valence-corrected chi connectivity index (χ0v) is 9.89. The quantitative estimate of drug-likeness (QED) is 0.897. The molecule has 0 radical (unpaired) electrons. The van der Waals surface area contributed by atoms with Crippen molar-refractivity contribution in [2.45, 2.75) is 13.0 Å². The van der Waals surface area contributed by atoms with Crippen LogP contribution in [0.2, 0.25) is 0 Å². The molecule has 0 amide bonds. The third-order valence-electron chi connectivity index (χ3n) is 2.61. The van der Waals surface area contributed by atoms with E-state index in [4.69, 9.17) is 5.26 Å². The smallest absolute Gasteiger partial charge is 0.140 e. The van der Waals surface area contributed by atoms with Crippen LogP contribution in [0.25, 0.3) is 0 Å². The van der Waals surface area contributed by atoms with Gasteiger partial charge >= 0.3 is 0 Å². The van der Waals surface area contributed by atoms with Crippen LogP contribution < -0.4 is 5.32 Å². The van der Waals surface area contributed by atoms with Crippen molar-refractivity contribution in [2.75, 3.05) is 5.32 Å². The molecule has 0 aliphatic rings. The van der Waals surface area contributed by atoms with Crippen LogP contribution in [0.4, 0.5) is 10.1 Å². The number of hydrogen-bond donors (Lipinski definition) is 1. The van der Waals surface area contributed by atoms with Gasteiger partial charge in [-0.05, 0) is 36.8 Å². The Balaban J connectivity index is 2.11. The van der Waals surface area contributed by atoms with Crippen molar-refractivity contribution in [3.8, 4) is 6.07 Å². The van der Waals surface area contributed by atoms with E-state index in [1.165, 1.54) is 12.1 Å². The van der Waals surface area contributed by atoms with Gasteiger partial charge in [0, 0.05) is 6.04 Å². The molecule has 1 unspecified atom stereocenters. The number of hydrogen-bond acceptors (Lipinski definition) is 3. The van der Waals surface area contributed by atoms with Gasteiger partial charge in [0.05, 0.1) is 11.9 Å². The number of aromatic nitrogens is 1. The molecule has 0 bridgehead atoms. The summed E-state index contributed by atoms with van der Waals surface area (Å²) in [6, 6.07) is 11.8. The van der Waals surface area contributed by atoms with E-state index in [1.807, 2.05) is 19.1 Å². The Kier molecular flexibility index (Phi) is 3.54. The Morgan fingerprint density at radius 1 is 1.33 bits per heavy atom. The third kappa shape index (κ3) is 2.83. The lowest BCUT2D eigenvalue weighted by Crippen LogP contribution is -2.07. The van der Waals surface area contributed by atoms with Crippen molar-refractivity contribution >= 4 is 5.69 Å². The van der Waals surface area contributed by atoms with Gasteiger partial charge in [-0.25, -0.2) is 9.37 Å². The summed E-state index contributed by atoms with van der Waals surface area (Å²) in [5, 5.41) is 11.8. The minimum atomic E-state index is -0.251. The highest BCUT2D eigenvalue weighted by Crippen LogP contribution is 2.19. The summed E-state index contributed by atoms with van der Waals surface area (Å²) < 4.78 is 13.1. The van der Waals surface area contributed by atoms with Crippen LogP contribution in [0, 0.1) is 17.1 Å². The minimum Gasteiger partial charge on any atom is -0.377 e. The SMILES string of the molecule is CC(Nc1ccc(C#N)nc1)c1cccc(F)c1. The molecule has 4 heteroatoms. The highest BCUT2D eigenvalue weighted by Gasteiger charge is 2.06. The lowest BCUT2D eigenvalue weighted by atomic mass is 10.1. The fourth-order valence-corrected chi connectivity index (χ4v) is 1.65. The van der Waals surface area contributed by atoms with Gasteiger partial charge in [0.25, 0.3) is 0 Å². The first-order valence-electron chi connectivity index (χ1n) is 5.57. The second-order valence-corrected chi connectivity index (χ2v) is 3.96. The van der Waals surface area contributed by atoms with Gasteiger partial charge in [0.1, 0.15) is 17.6 Å². The normalized spacial score (nSPS) is 11.6. The molecule has 2 aromatic rings. The van der Waals surface area contributed by atoms with Crippen molar-refractivity contribution < 1.29 is 4.39 Å². The van der Waals surface area contributed by atoms with Gasteiger partial charge in [-0.3, -0.25) is 0 Å². The van der Waals surface area contributed by atoms with E-state index in [9.17, 15) is 4.39 Å².